The van der Waals surface area contributed by atoms with Gasteiger partial charge < -0.3 is 4.74 Å². The van der Waals surface area contributed by atoms with Gasteiger partial charge in [-0.05, 0) is 12.8 Å². The van der Waals surface area contributed by atoms with E-state index in [0.29, 0.717) is 13.2 Å². The van der Waals surface area contributed by atoms with Crippen molar-refractivity contribution in [3.63, 3.8) is 0 Å². The molecule has 6 heteroatoms. The maximum absolute atomic E-state index is 11.1. The van der Waals surface area contributed by atoms with Crippen LogP contribution in [-0.4, -0.2) is 33.4 Å². The summed E-state index contributed by atoms with van der Waals surface area (Å²) >= 11 is 0. The Morgan fingerprint density at radius 1 is 1.62 bits per heavy atom. The molecule has 1 saturated heterocycles. The molecular weight excluding hydrogens is 192 g/mol. The molecule has 0 aromatic carbocycles. The second-order valence-corrected chi connectivity index (χ2v) is 4.70. The Morgan fingerprint density at radius 3 is 2.92 bits per heavy atom. The first-order valence-electron chi connectivity index (χ1n) is 4.09. The van der Waals surface area contributed by atoms with Crippen molar-refractivity contribution in [2.75, 3.05) is 19.0 Å². The van der Waals surface area contributed by atoms with Gasteiger partial charge in [-0.1, -0.05) is 0 Å². The number of nitriles is 1. The van der Waals surface area contributed by atoms with Gasteiger partial charge >= 0.3 is 0 Å². The summed E-state index contributed by atoms with van der Waals surface area (Å²) in [7, 11) is -3.42. The zero-order chi connectivity index (χ0) is 9.73. The normalized spacial score (nSPS) is 23.8. The molecule has 0 saturated carbocycles. The number of sulfonamides is 1. The highest BCUT2D eigenvalue weighted by atomic mass is 32.2. The molecule has 0 aromatic rings. The van der Waals surface area contributed by atoms with E-state index >= 15 is 0 Å². The lowest BCUT2D eigenvalue weighted by molar-refractivity contribution is 0.0774. The lowest BCUT2D eigenvalue weighted by Gasteiger charge is -2.22. The lowest BCUT2D eigenvalue weighted by Crippen LogP contribution is -2.41. The van der Waals surface area contributed by atoms with E-state index in [-0.39, 0.29) is 6.04 Å². The number of hydrogen-bond acceptors (Lipinski definition) is 4. The summed E-state index contributed by atoms with van der Waals surface area (Å²) in [6, 6.07) is 1.45. The molecule has 1 atom stereocenters. The molecule has 1 aliphatic rings. The van der Waals surface area contributed by atoms with Gasteiger partial charge in [0.05, 0.1) is 12.7 Å². The van der Waals surface area contributed by atoms with Crippen molar-refractivity contribution in [1.82, 2.24) is 4.72 Å². The average molecular weight is 204 g/mol. The highest BCUT2D eigenvalue weighted by molar-refractivity contribution is 7.89. The fraction of sp³-hybridized carbons (Fsp3) is 0.857. The third kappa shape index (κ3) is 3.72. The summed E-state index contributed by atoms with van der Waals surface area (Å²) in [6.07, 6.45) is 1.64. The van der Waals surface area contributed by atoms with Crippen LogP contribution in [0.25, 0.3) is 0 Å². The van der Waals surface area contributed by atoms with Crippen molar-refractivity contribution in [3.8, 4) is 6.07 Å². The molecule has 0 bridgehead atoms. The van der Waals surface area contributed by atoms with Gasteiger partial charge in [0.2, 0.25) is 10.0 Å². The third-order valence-electron chi connectivity index (χ3n) is 1.76. The summed E-state index contributed by atoms with van der Waals surface area (Å²) < 4.78 is 29.7. The van der Waals surface area contributed by atoms with Crippen LogP contribution in [0.5, 0.6) is 0 Å². The summed E-state index contributed by atoms with van der Waals surface area (Å²) in [4.78, 5) is 0. The molecule has 1 heterocycles. The molecule has 5 nitrogen and oxygen atoms in total. The van der Waals surface area contributed by atoms with Gasteiger partial charge in [-0.3, -0.25) is 0 Å². The smallest absolute Gasteiger partial charge is 0.225 e. The highest BCUT2D eigenvalue weighted by Crippen LogP contribution is 2.06. The van der Waals surface area contributed by atoms with Crippen LogP contribution >= 0.6 is 0 Å². The van der Waals surface area contributed by atoms with Crippen LogP contribution in [0.1, 0.15) is 12.8 Å². The maximum atomic E-state index is 11.1. The molecule has 1 rings (SSSR count). The van der Waals surface area contributed by atoms with Gasteiger partial charge in [0.25, 0.3) is 0 Å². The van der Waals surface area contributed by atoms with E-state index in [2.05, 4.69) is 4.72 Å². The summed E-state index contributed by atoms with van der Waals surface area (Å²) in [5.74, 6) is -0.483. The van der Waals surface area contributed by atoms with E-state index < -0.39 is 15.8 Å². The number of nitrogens with one attached hydrogen (secondary N) is 1. The van der Waals surface area contributed by atoms with E-state index in [4.69, 9.17) is 10.00 Å². The number of nitrogens with zero attached hydrogens (tertiary/aromatic N) is 1. The van der Waals surface area contributed by atoms with Crippen LogP contribution in [-0.2, 0) is 14.8 Å². The molecule has 0 spiro atoms. The van der Waals surface area contributed by atoms with Crippen molar-refractivity contribution in [3.05, 3.63) is 0 Å². The van der Waals surface area contributed by atoms with Crippen molar-refractivity contribution in [2.24, 2.45) is 0 Å². The Hall–Kier alpha value is -0.640. The second kappa shape index (κ2) is 4.56. The lowest BCUT2D eigenvalue weighted by atomic mass is 10.1. The Kier molecular flexibility index (Phi) is 3.66. The first kappa shape index (κ1) is 10.4. The molecule has 0 radical (unpaired) electrons. The predicted molar refractivity (Wildman–Crippen MR) is 46.4 cm³/mol. The second-order valence-electron chi connectivity index (χ2n) is 2.95. The fourth-order valence-electron chi connectivity index (χ4n) is 1.21. The van der Waals surface area contributed by atoms with Crippen LogP contribution in [0.15, 0.2) is 0 Å². The minimum Gasteiger partial charge on any atom is -0.380 e. The van der Waals surface area contributed by atoms with Crippen LogP contribution in [0.3, 0.4) is 0 Å². The molecule has 13 heavy (non-hydrogen) atoms. The molecule has 0 aromatic heterocycles. The summed E-state index contributed by atoms with van der Waals surface area (Å²) in [6.45, 7) is 1.10. The summed E-state index contributed by atoms with van der Waals surface area (Å²) in [5, 5.41) is 8.23. The largest absolute Gasteiger partial charge is 0.380 e. The first-order valence-corrected chi connectivity index (χ1v) is 5.74. The topological polar surface area (TPSA) is 79.2 Å². The summed E-state index contributed by atoms with van der Waals surface area (Å²) in [5.41, 5.74) is 0. The van der Waals surface area contributed by atoms with Crippen molar-refractivity contribution in [1.29, 1.82) is 5.26 Å². The highest BCUT2D eigenvalue weighted by Gasteiger charge is 2.19. The molecule has 0 aliphatic carbocycles. The predicted octanol–water partition coefficient (Wildman–Crippen LogP) is -0.392. The SMILES string of the molecule is N#CCS(=O)(=O)NC1CCCOC1. The number of rotatable bonds is 3. The molecule has 1 N–H and O–H groups in total. The van der Waals surface area contributed by atoms with E-state index in [9.17, 15) is 8.42 Å². The molecule has 1 fully saturated rings. The van der Waals surface area contributed by atoms with Gasteiger partial charge in [0.15, 0.2) is 5.75 Å². The Labute approximate surface area is 77.7 Å². The monoisotopic (exact) mass is 204 g/mol. The van der Waals surface area contributed by atoms with Crippen LogP contribution in [0.4, 0.5) is 0 Å². The van der Waals surface area contributed by atoms with E-state index in [1.807, 2.05) is 0 Å². The Morgan fingerprint density at radius 2 is 2.38 bits per heavy atom. The van der Waals surface area contributed by atoms with Crippen molar-refractivity contribution in [2.45, 2.75) is 18.9 Å². The van der Waals surface area contributed by atoms with Crippen LogP contribution in [0.2, 0.25) is 0 Å². The molecular formula is C7H12N2O3S. The van der Waals surface area contributed by atoms with Gasteiger partial charge in [-0.15, -0.1) is 0 Å². The van der Waals surface area contributed by atoms with Crippen LogP contribution in [0, 0.1) is 11.3 Å². The first-order chi connectivity index (χ1) is 6.14. The fourth-order valence-corrected chi connectivity index (χ4v) is 2.16. The van der Waals surface area contributed by atoms with Gasteiger partial charge in [0.1, 0.15) is 0 Å². The number of ether oxygens (including phenoxy) is 1. The van der Waals surface area contributed by atoms with E-state index in [1.165, 1.54) is 0 Å². The zero-order valence-electron chi connectivity index (χ0n) is 7.19. The third-order valence-corrected chi connectivity index (χ3v) is 2.96. The minimum atomic E-state index is -3.42. The average Bonchev–Trinajstić information content (AvgIpc) is 2.04. The Balaban J connectivity index is 2.43. The standard InChI is InChI=1S/C7H12N2O3S/c8-3-5-13(10,11)9-7-2-1-4-12-6-7/h7,9H,1-2,4-6H2. The van der Waals surface area contributed by atoms with E-state index in [1.54, 1.807) is 6.07 Å². The van der Waals surface area contributed by atoms with Gasteiger partial charge in [-0.25, -0.2) is 13.1 Å². The number of hydrogen-bond donors (Lipinski definition) is 1. The zero-order valence-corrected chi connectivity index (χ0v) is 8.01. The van der Waals surface area contributed by atoms with Crippen molar-refractivity contribution < 1.29 is 13.2 Å². The van der Waals surface area contributed by atoms with E-state index in [0.717, 1.165) is 12.8 Å². The minimum absolute atomic E-state index is 0.160. The van der Waals surface area contributed by atoms with Gasteiger partial charge in [-0.2, -0.15) is 5.26 Å². The molecule has 0 amide bonds. The molecule has 1 unspecified atom stereocenters. The van der Waals surface area contributed by atoms with Crippen LogP contribution < -0.4 is 4.72 Å². The molecule has 74 valence electrons. The Bertz CT molecular complexity index is 287. The van der Waals surface area contributed by atoms with Crippen molar-refractivity contribution >= 4 is 10.0 Å². The van der Waals surface area contributed by atoms with Gasteiger partial charge in [0, 0.05) is 12.6 Å². The maximum Gasteiger partial charge on any atom is 0.225 e. The quantitative estimate of drug-likeness (QED) is 0.679. The molecule has 1 aliphatic heterocycles.